The van der Waals surface area contributed by atoms with Crippen LogP contribution in [0.15, 0.2) is 54.6 Å². The van der Waals surface area contributed by atoms with Gasteiger partial charge in [0.05, 0.1) is 24.8 Å². The molecule has 4 rings (SSSR count). The first-order valence-electron chi connectivity index (χ1n) is 12.4. The van der Waals surface area contributed by atoms with E-state index >= 15 is 0 Å². The number of hydrogen-bond donors (Lipinski definition) is 2. The average molecular weight is 504 g/mol. The molecule has 9 heteroatoms. The van der Waals surface area contributed by atoms with Crippen LogP contribution < -0.4 is 10.6 Å². The van der Waals surface area contributed by atoms with Gasteiger partial charge < -0.3 is 15.4 Å². The van der Waals surface area contributed by atoms with Crippen molar-refractivity contribution < 1.29 is 27.5 Å². The first kappa shape index (κ1) is 26.2. The van der Waals surface area contributed by atoms with Crippen molar-refractivity contribution >= 4 is 11.8 Å². The second kappa shape index (κ2) is 11.9. The van der Waals surface area contributed by atoms with Crippen LogP contribution in [0.2, 0.25) is 0 Å². The van der Waals surface area contributed by atoms with Crippen molar-refractivity contribution in [3.8, 4) is 0 Å². The van der Waals surface area contributed by atoms with Crippen LogP contribution in [-0.2, 0) is 22.3 Å². The fourth-order valence-corrected chi connectivity index (χ4v) is 5.05. The zero-order chi connectivity index (χ0) is 25.5. The molecule has 1 saturated heterocycles. The van der Waals surface area contributed by atoms with Crippen LogP contribution in [0.3, 0.4) is 0 Å². The van der Waals surface area contributed by atoms with Crippen LogP contribution in [0, 0.1) is 0 Å². The summed E-state index contributed by atoms with van der Waals surface area (Å²) in [6.45, 7) is 1.86. The van der Waals surface area contributed by atoms with Gasteiger partial charge in [-0.25, -0.2) is 0 Å². The molecule has 2 aliphatic rings. The molecule has 3 atom stereocenters. The van der Waals surface area contributed by atoms with Crippen molar-refractivity contribution in [2.24, 2.45) is 0 Å². The van der Waals surface area contributed by atoms with Crippen LogP contribution in [0.25, 0.3) is 0 Å². The van der Waals surface area contributed by atoms with E-state index in [9.17, 15) is 22.8 Å². The number of carbonyl (C=O) groups is 2. The Kier molecular flexibility index (Phi) is 8.64. The molecule has 0 bridgehead atoms. The van der Waals surface area contributed by atoms with E-state index in [-0.39, 0.29) is 30.2 Å². The van der Waals surface area contributed by atoms with E-state index in [0.29, 0.717) is 19.2 Å². The Balaban J connectivity index is 1.23. The Bertz CT molecular complexity index is 1030. The molecule has 1 heterocycles. The fraction of sp³-hybridized carbons (Fsp3) is 0.481. The van der Waals surface area contributed by atoms with Gasteiger partial charge in [-0.2, -0.15) is 13.2 Å². The van der Waals surface area contributed by atoms with Gasteiger partial charge in [0.2, 0.25) is 5.91 Å². The highest BCUT2D eigenvalue weighted by Crippen LogP contribution is 2.30. The minimum absolute atomic E-state index is 0.0420. The lowest BCUT2D eigenvalue weighted by Crippen LogP contribution is -2.48. The first-order chi connectivity index (χ1) is 17.3. The first-order valence-corrected chi connectivity index (χ1v) is 12.4. The quantitative estimate of drug-likeness (QED) is 0.568. The monoisotopic (exact) mass is 503 g/mol. The van der Waals surface area contributed by atoms with Gasteiger partial charge in [-0.1, -0.05) is 49.2 Å². The molecule has 36 heavy (non-hydrogen) atoms. The number of halogens is 3. The van der Waals surface area contributed by atoms with E-state index in [0.717, 1.165) is 56.3 Å². The smallest absolute Gasteiger partial charge is 0.372 e. The SMILES string of the molecule is O=C(CNC(=O)c1cccc(C(F)(F)F)c1)N[C@@H]1CCN(C2CCCCC2OCc2ccccc2)C1. The van der Waals surface area contributed by atoms with E-state index in [1.807, 2.05) is 18.2 Å². The van der Waals surface area contributed by atoms with E-state index in [2.05, 4.69) is 27.7 Å². The summed E-state index contributed by atoms with van der Waals surface area (Å²) in [5, 5.41) is 5.36. The molecular formula is C27H32F3N3O3. The third kappa shape index (κ3) is 7.07. The third-order valence-corrected chi connectivity index (χ3v) is 6.89. The molecule has 2 amide bonds. The highest BCUT2D eigenvalue weighted by molar-refractivity contribution is 5.96. The Morgan fingerprint density at radius 2 is 1.78 bits per heavy atom. The van der Waals surface area contributed by atoms with E-state index in [1.54, 1.807) is 0 Å². The standard InChI is InChI=1S/C27H32F3N3O3/c28-27(29,30)21-10-6-9-20(15-21)26(35)31-16-25(34)32-22-13-14-33(17-22)23-11-4-5-12-24(23)36-18-19-7-2-1-3-8-19/h1-3,6-10,15,22-24H,4-5,11-14,16-18H2,(H,31,35)(H,32,34)/t22-,23?,24?/m1/s1. The van der Waals surface area contributed by atoms with Gasteiger partial charge in [0.25, 0.3) is 5.91 Å². The molecular weight excluding hydrogens is 471 g/mol. The van der Waals surface area contributed by atoms with Crippen LogP contribution >= 0.6 is 0 Å². The molecule has 0 aromatic heterocycles. The van der Waals surface area contributed by atoms with Gasteiger partial charge >= 0.3 is 6.18 Å². The zero-order valence-corrected chi connectivity index (χ0v) is 20.1. The lowest BCUT2D eigenvalue weighted by Gasteiger charge is -2.38. The van der Waals surface area contributed by atoms with Crippen molar-refractivity contribution in [3.05, 3.63) is 71.3 Å². The molecule has 194 valence electrons. The summed E-state index contributed by atoms with van der Waals surface area (Å²) in [6.07, 6.45) is 0.807. The molecule has 6 nitrogen and oxygen atoms in total. The summed E-state index contributed by atoms with van der Waals surface area (Å²) in [6, 6.07) is 14.5. The van der Waals surface area contributed by atoms with Crippen molar-refractivity contribution in [1.29, 1.82) is 0 Å². The summed E-state index contributed by atoms with van der Waals surface area (Å²) < 4.78 is 44.9. The van der Waals surface area contributed by atoms with Crippen molar-refractivity contribution in [2.45, 2.75) is 63.1 Å². The molecule has 2 aromatic carbocycles. The number of nitrogens with one attached hydrogen (secondary N) is 2. The molecule has 2 unspecified atom stereocenters. The Morgan fingerprint density at radius 1 is 1.00 bits per heavy atom. The van der Waals surface area contributed by atoms with Crippen LogP contribution in [0.5, 0.6) is 0 Å². The zero-order valence-electron chi connectivity index (χ0n) is 20.1. The van der Waals surface area contributed by atoms with Gasteiger partial charge in [-0.05, 0) is 43.0 Å². The number of hydrogen-bond acceptors (Lipinski definition) is 4. The normalized spacial score (nSPS) is 22.8. The second-order valence-electron chi connectivity index (χ2n) is 9.50. The van der Waals surface area contributed by atoms with Gasteiger partial charge in [-0.15, -0.1) is 0 Å². The number of likely N-dealkylation sites (tertiary alicyclic amines) is 1. The highest BCUT2D eigenvalue weighted by atomic mass is 19.4. The van der Waals surface area contributed by atoms with Crippen molar-refractivity contribution in [2.75, 3.05) is 19.6 Å². The van der Waals surface area contributed by atoms with Gasteiger partial charge in [-0.3, -0.25) is 14.5 Å². The topological polar surface area (TPSA) is 70.7 Å². The van der Waals surface area contributed by atoms with Crippen LogP contribution in [0.1, 0.15) is 53.6 Å². The number of alkyl halides is 3. The lowest BCUT2D eigenvalue weighted by molar-refractivity contribution is -0.137. The third-order valence-electron chi connectivity index (χ3n) is 6.89. The Morgan fingerprint density at radius 3 is 2.56 bits per heavy atom. The van der Waals surface area contributed by atoms with E-state index in [1.165, 1.54) is 12.1 Å². The molecule has 0 spiro atoms. The van der Waals surface area contributed by atoms with E-state index < -0.39 is 17.6 Å². The number of rotatable bonds is 8. The Labute approximate surface area is 209 Å². The maximum Gasteiger partial charge on any atom is 0.416 e. The highest BCUT2D eigenvalue weighted by Gasteiger charge is 2.35. The predicted octanol–water partition coefficient (Wildman–Crippen LogP) is 4.15. The summed E-state index contributed by atoms with van der Waals surface area (Å²) in [4.78, 5) is 27.1. The minimum Gasteiger partial charge on any atom is -0.372 e. The van der Waals surface area contributed by atoms with Crippen LogP contribution in [0.4, 0.5) is 13.2 Å². The fourth-order valence-electron chi connectivity index (χ4n) is 5.05. The summed E-state index contributed by atoms with van der Waals surface area (Å²) in [5.74, 6) is -1.08. The molecule has 1 saturated carbocycles. The van der Waals surface area contributed by atoms with Crippen LogP contribution in [-0.4, -0.2) is 54.5 Å². The van der Waals surface area contributed by atoms with E-state index in [4.69, 9.17) is 4.74 Å². The number of nitrogens with zero attached hydrogens (tertiary/aromatic N) is 1. The van der Waals surface area contributed by atoms with Gasteiger partial charge in [0, 0.05) is 30.7 Å². The molecule has 1 aliphatic carbocycles. The minimum atomic E-state index is -4.54. The maximum atomic E-state index is 12.9. The molecule has 1 aliphatic heterocycles. The maximum absolute atomic E-state index is 12.9. The number of carbonyl (C=O) groups excluding carboxylic acids is 2. The van der Waals surface area contributed by atoms with Crippen molar-refractivity contribution in [3.63, 3.8) is 0 Å². The summed E-state index contributed by atoms with van der Waals surface area (Å²) >= 11 is 0. The molecule has 2 N–H and O–H groups in total. The Hall–Kier alpha value is -2.91. The second-order valence-corrected chi connectivity index (χ2v) is 9.50. The van der Waals surface area contributed by atoms with Crippen molar-refractivity contribution in [1.82, 2.24) is 15.5 Å². The molecule has 2 fully saturated rings. The number of ether oxygens (including phenoxy) is 1. The molecule has 0 radical (unpaired) electrons. The van der Waals surface area contributed by atoms with Gasteiger partial charge in [0.1, 0.15) is 0 Å². The largest absolute Gasteiger partial charge is 0.416 e. The number of amides is 2. The summed E-state index contributed by atoms with van der Waals surface area (Å²) in [7, 11) is 0. The lowest BCUT2D eigenvalue weighted by atomic mass is 9.91. The molecule has 2 aromatic rings. The van der Waals surface area contributed by atoms with Gasteiger partial charge in [0.15, 0.2) is 0 Å². The number of benzene rings is 2. The summed E-state index contributed by atoms with van der Waals surface area (Å²) in [5.41, 5.74) is 0.114. The average Bonchev–Trinajstić information content (AvgIpc) is 3.34. The predicted molar refractivity (Wildman–Crippen MR) is 129 cm³/mol.